The zero-order valence-corrected chi connectivity index (χ0v) is 16.5. The van der Waals surface area contributed by atoms with Crippen LogP contribution in [0.15, 0.2) is 77.8 Å². The molecule has 2 heterocycles. The lowest BCUT2D eigenvalue weighted by molar-refractivity contribution is 0.395. The molecule has 144 valence electrons. The highest BCUT2D eigenvalue weighted by molar-refractivity contribution is 7.89. The average molecular weight is 394 g/mol. The summed E-state index contributed by atoms with van der Waals surface area (Å²) in [7, 11) is -3.54. The molecule has 4 rings (SSSR count). The molecule has 0 saturated carbocycles. The number of pyridine rings is 1. The standard InChI is InChI=1S/C22H22N2O3S/c1-17-9-12-20(13-10-17)28(25,26)24-15-5-8-21(24)18-11-14-22(23-16-18)27-19-6-3-2-4-7-19/h2-4,6-7,9-14,16,21H,5,8,15H2,1H3/t21-/m0/s1. The molecule has 1 atom stereocenters. The fraction of sp³-hybridized carbons (Fsp3) is 0.227. The summed E-state index contributed by atoms with van der Waals surface area (Å²) >= 11 is 0. The summed E-state index contributed by atoms with van der Waals surface area (Å²) in [5.74, 6) is 1.20. The minimum atomic E-state index is -3.54. The summed E-state index contributed by atoms with van der Waals surface area (Å²) in [6.45, 7) is 2.46. The van der Waals surface area contributed by atoms with Gasteiger partial charge in [-0.05, 0) is 49.6 Å². The van der Waals surface area contributed by atoms with E-state index in [2.05, 4.69) is 4.98 Å². The van der Waals surface area contributed by atoms with Crippen molar-refractivity contribution in [3.05, 3.63) is 84.1 Å². The van der Waals surface area contributed by atoms with Gasteiger partial charge in [0, 0.05) is 18.8 Å². The molecule has 0 aliphatic carbocycles. The molecule has 1 fully saturated rings. The van der Waals surface area contributed by atoms with Gasteiger partial charge >= 0.3 is 0 Å². The maximum atomic E-state index is 13.1. The van der Waals surface area contributed by atoms with E-state index < -0.39 is 10.0 Å². The maximum Gasteiger partial charge on any atom is 0.243 e. The molecular weight excluding hydrogens is 372 g/mol. The van der Waals surface area contributed by atoms with Gasteiger partial charge in [0.25, 0.3) is 0 Å². The Kier molecular flexibility index (Phi) is 5.15. The van der Waals surface area contributed by atoms with Gasteiger partial charge in [0.05, 0.1) is 10.9 Å². The van der Waals surface area contributed by atoms with E-state index in [4.69, 9.17) is 4.74 Å². The van der Waals surface area contributed by atoms with Gasteiger partial charge < -0.3 is 4.74 Å². The number of nitrogens with zero attached hydrogens (tertiary/aromatic N) is 2. The van der Waals surface area contributed by atoms with Crippen LogP contribution in [0.3, 0.4) is 0 Å². The van der Waals surface area contributed by atoms with Gasteiger partial charge in [-0.2, -0.15) is 4.31 Å². The monoisotopic (exact) mass is 394 g/mol. The van der Waals surface area contributed by atoms with Crippen molar-refractivity contribution in [1.29, 1.82) is 0 Å². The highest BCUT2D eigenvalue weighted by Gasteiger charge is 2.36. The van der Waals surface area contributed by atoms with Crippen LogP contribution < -0.4 is 4.74 Å². The predicted octanol–water partition coefficient (Wildman–Crippen LogP) is 4.71. The van der Waals surface area contributed by atoms with Crippen molar-refractivity contribution >= 4 is 10.0 Å². The van der Waals surface area contributed by atoms with E-state index in [1.165, 1.54) is 0 Å². The molecule has 5 nitrogen and oxygen atoms in total. The average Bonchev–Trinajstić information content (AvgIpc) is 3.21. The number of hydrogen-bond donors (Lipinski definition) is 0. The summed E-state index contributed by atoms with van der Waals surface area (Å²) in [5.41, 5.74) is 1.92. The smallest absolute Gasteiger partial charge is 0.243 e. The number of benzene rings is 2. The SMILES string of the molecule is Cc1ccc(S(=O)(=O)N2CCC[C@H]2c2ccc(Oc3ccccc3)nc2)cc1. The van der Waals surface area contributed by atoms with Crippen LogP contribution in [0.5, 0.6) is 11.6 Å². The Morgan fingerprint density at radius 3 is 2.43 bits per heavy atom. The van der Waals surface area contributed by atoms with Crippen LogP contribution in [0.2, 0.25) is 0 Å². The topological polar surface area (TPSA) is 59.5 Å². The Morgan fingerprint density at radius 2 is 1.75 bits per heavy atom. The van der Waals surface area contributed by atoms with E-state index in [0.717, 1.165) is 24.0 Å². The van der Waals surface area contributed by atoms with Crippen LogP contribution in [0.25, 0.3) is 0 Å². The van der Waals surface area contributed by atoms with Crippen molar-refractivity contribution in [2.45, 2.75) is 30.7 Å². The molecular formula is C22H22N2O3S. The van der Waals surface area contributed by atoms with Crippen LogP contribution in [-0.4, -0.2) is 24.3 Å². The zero-order chi connectivity index (χ0) is 19.6. The Labute approximate surface area is 165 Å². The van der Waals surface area contributed by atoms with Crippen molar-refractivity contribution < 1.29 is 13.2 Å². The van der Waals surface area contributed by atoms with Gasteiger partial charge in [0.2, 0.25) is 15.9 Å². The molecule has 0 radical (unpaired) electrons. The summed E-state index contributed by atoms with van der Waals surface area (Å²) in [4.78, 5) is 4.71. The highest BCUT2D eigenvalue weighted by Crippen LogP contribution is 2.36. The number of hydrogen-bond acceptors (Lipinski definition) is 4. The molecule has 0 N–H and O–H groups in total. The Bertz CT molecular complexity index is 1030. The van der Waals surface area contributed by atoms with Crippen LogP contribution in [-0.2, 0) is 10.0 Å². The molecule has 0 unspecified atom stereocenters. The van der Waals surface area contributed by atoms with Gasteiger partial charge in [-0.3, -0.25) is 0 Å². The first kappa shape index (κ1) is 18.7. The largest absolute Gasteiger partial charge is 0.439 e. The number of sulfonamides is 1. The quantitative estimate of drug-likeness (QED) is 0.629. The van der Waals surface area contributed by atoms with E-state index in [1.54, 1.807) is 28.7 Å². The second-order valence-corrected chi connectivity index (χ2v) is 8.82. The van der Waals surface area contributed by atoms with Crippen LogP contribution >= 0.6 is 0 Å². The first-order valence-electron chi connectivity index (χ1n) is 9.31. The minimum absolute atomic E-state index is 0.204. The Balaban J connectivity index is 1.55. The van der Waals surface area contributed by atoms with Gasteiger partial charge in [-0.15, -0.1) is 0 Å². The van der Waals surface area contributed by atoms with E-state index in [1.807, 2.05) is 55.5 Å². The molecule has 0 bridgehead atoms. The van der Waals surface area contributed by atoms with E-state index in [0.29, 0.717) is 23.1 Å². The van der Waals surface area contributed by atoms with E-state index in [-0.39, 0.29) is 6.04 Å². The summed E-state index contributed by atoms with van der Waals surface area (Å²) in [6, 6.07) is 19.9. The molecule has 1 aliphatic rings. The fourth-order valence-electron chi connectivity index (χ4n) is 3.47. The first-order valence-corrected chi connectivity index (χ1v) is 10.8. The van der Waals surface area contributed by atoms with Crippen molar-refractivity contribution in [3.63, 3.8) is 0 Å². The second-order valence-electron chi connectivity index (χ2n) is 6.93. The number of rotatable bonds is 5. The number of aryl methyl sites for hydroxylation is 1. The number of ether oxygens (including phenoxy) is 1. The normalized spacial score (nSPS) is 17.5. The molecule has 6 heteroatoms. The number of para-hydroxylation sites is 1. The molecule has 3 aromatic rings. The molecule has 2 aromatic carbocycles. The van der Waals surface area contributed by atoms with Crippen LogP contribution in [0.1, 0.15) is 30.0 Å². The Hall–Kier alpha value is -2.70. The van der Waals surface area contributed by atoms with Crippen LogP contribution in [0.4, 0.5) is 0 Å². The lowest BCUT2D eigenvalue weighted by Crippen LogP contribution is -2.30. The van der Waals surface area contributed by atoms with Crippen molar-refractivity contribution in [2.24, 2.45) is 0 Å². The number of aromatic nitrogens is 1. The molecule has 1 saturated heterocycles. The lowest BCUT2D eigenvalue weighted by Gasteiger charge is -2.24. The van der Waals surface area contributed by atoms with Gasteiger partial charge in [-0.25, -0.2) is 13.4 Å². The highest BCUT2D eigenvalue weighted by atomic mass is 32.2. The minimum Gasteiger partial charge on any atom is -0.439 e. The van der Waals surface area contributed by atoms with E-state index in [9.17, 15) is 8.42 Å². The van der Waals surface area contributed by atoms with Gasteiger partial charge in [0.1, 0.15) is 5.75 Å². The second kappa shape index (κ2) is 7.73. The van der Waals surface area contributed by atoms with Crippen LogP contribution in [0, 0.1) is 6.92 Å². The van der Waals surface area contributed by atoms with Gasteiger partial charge in [-0.1, -0.05) is 42.0 Å². The molecule has 1 aromatic heterocycles. The molecule has 0 amide bonds. The van der Waals surface area contributed by atoms with Gasteiger partial charge in [0.15, 0.2) is 0 Å². The first-order chi connectivity index (χ1) is 13.5. The molecule has 28 heavy (non-hydrogen) atoms. The summed E-state index contributed by atoms with van der Waals surface area (Å²) < 4.78 is 33.6. The maximum absolute atomic E-state index is 13.1. The third kappa shape index (κ3) is 3.79. The van der Waals surface area contributed by atoms with Crippen molar-refractivity contribution in [1.82, 2.24) is 9.29 Å². The summed E-state index contributed by atoms with van der Waals surface area (Å²) in [6.07, 6.45) is 3.33. The third-order valence-electron chi connectivity index (χ3n) is 4.94. The molecule has 0 spiro atoms. The van der Waals surface area contributed by atoms with Crippen molar-refractivity contribution in [3.8, 4) is 11.6 Å². The molecule has 1 aliphatic heterocycles. The predicted molar refractivity (Wildman–Crippen MR) is 108 cm³/mol. The Morgan fingerprint density at radius 1 is 1.00 bits per heavy atom. The van der Waals surface area contributed by atoms with E-state index >= 15 is 0 Å². The summed E-state index contributed by atoms with van der Waals surface area (Å²) in [5, 5.41) is 0. The third-order valence-corrected chi connectivity index (χ3v) is 6.86. The van der Waals surface area contributed by atoms with Crippen molar-refractivity contribution in [2.75, 3.05) is 6.54 Å². The lowest BCUT2D eigenvalue weighted by atomic mass is 10.1. The zero-order valence-electron chi connectivity index (χ0n) is 15.7. The fourth-order valence-corrected chi connectivity index (χ4v) is 5.15.